The average molecular weight is 297 g/mol. The van der Waals surface area contributed by atoms with E-state index in [2.05, 4.69) is 19.2 Å². The fourth-order valence-corrected chi connectivity index (χ4v) is 3.46. The highest BCUT2D eigenvalue weighted by molar-refractivity contribution is 5.78. The minimum absolute atomic E-state index is 0.0250. The van der Waals surface area contributed by atoms with Crippen molar-refractivity contribution in [2.45, 2.75) is 90.0 Å². The molecular formula is C17H31NO3. The first kappa shape index (κ1) is 16.8. The van der Waals surface area contributed by atoms with Gasteiger partial charge in [-0.3, -0.25) is 10.1 Å². The molecule has 0 aromatic carbocycles. The first-order valence-electron chi connectivity index (χ1n) is 8.46. The standard InChI is InChI=1S/C17H31NO3/c1-11-5-8-15(9-12(11)2)21-13(3)10-17(4,16(19)20)18-14-6-7-14/h11-15,18H,5-10H2,1-4H3,(H,19,20). The molecule has 4 nitrogen and oxygen atoms in total. The molecule has 0 heterocycles. The summed E-state index contributed by atoms with van der Waals surface area (Å²) >= 11 is 0. The molecule has 2 rings (SSSR count). The number of carboxylic acids is 1. The van der Waals surface area contributed by atoms with Gasteiger partial charge in [0, 0.05) is 12.5 Å². The summed E-state index contributed by atoms with van der Waals surface area (Å²) in [5.74, 6) is 0.711. The summed E-state index contributed by atoms with van der Waals surface area (Å²) < 4.78 is 6.15. The third-order valence-corrected chi connectivity index (χ3v) is 5.24. The van der Waals surface area contributed by atoms with Gasteiger partial charge in [-0.1, -0.05) is 13.8 Å². The van der Waals surface area contributed by atoms with Crippen LogP contribution in [0.2, 0.25) is 0 Å². The molecule has 0 bridgehead atoms. The zero-order chi connectivity index (χ0) is 15.6. The highest BCUT2D eigenvalue weighted by Gasteiger charge is 2.40. The molecule has 0 amide bonds. The van der Waals surface area contributed by atoms with Crippen molar-refractivity contribution in [1.82, 2.24) is 5.32 Å². The topological polar surface area (TPSA) is 58.6 Å². The lowest BCUT2D eigenvalue weighted by Crippen LogP contribution is -2.52. The van der Waals surface area contributed by atoms with Gasteiger partial charge in [-0.2, -0.15) is 0 Å². The molecule has 21 heavy (non-hydrogen) atoms. The Morgan fingerprint density at radius 1 is 1.29 bits per heavy atom. The maximum absolute atomic E-state index is 11.6. The zero-order valence-corrected chi connectivity index (χ0v) is 13.9. The van der Waals surface area contributed by atoms with Crippen LogP contribution in [-0.4, -0.2) is 34.9 Å². The van der Waals surface area contributed by atoms with Crippen molar-refractivity contribution >= 4 is 5.97 Å². The van der Waals surface area contributed by atoms with E-state index < -0.39 is 11.5 Å². The van der Waals surface area contributed by atoms with Crippen molar-refractivity contribution in [2.24, 2.45) is 11.8 Å². The van der Waals surface area contributed by atoms with Gasteiger partial charge in [0.15, 0.2) is 0 Å². The van der Waals surface area contributed by atoms with E-state index in [0.29, 0.717) is 24.5 Å². The van der Waals surface area contributed by atoms with Gasteiger partial charge in [-0.15, -0.1) is 0 Å². The molecule has 2 N–H and O–H groups in total. The minimum atomic E-state index is -0.867. The van der Waals surface area contributed by atoms with Crippen LogP contribution >= 0.6 is 0 Å². The van der Waals surface area contributed by atoms with Gasteiger partial charge in [0.2, 0.25) is 0 Å². The van der Waals surface area contributed by atoms with E-state index in [1.807, 2.05) is 6.92 Å². The van der Waals surface area contributed by atoms with Crippen molar-refractivity contribution in [3.8, 4) is 0 Å². The third kappa shape index (κ3) is 4.68. The average Bonchev–Trinajstić information content (AvgIpc) is 3.17. The third-order valence-electron chi connectivity index (χ3n) is 5.24. The number of hydrogen-bond acceptors (Lipinski definition) is 3. The van der Waals surface area contributed by atoms with E-state index in [9.17, 15) is 9.90 Å². The van der Waals surface area contributed by atoms with Crippen LogP contribution in [0.5, 0.6) is 0 Å². The van der Waals surface area contributed by atoms with Crippen molar-refractivity contribution < 1.29 is 14.6 Å². The molecule has 0 aromatic rings. The Morgan fingerprint density at radius 2 is 1.95 bits per heavy atom. The lowest BCUT2D eigenvalue weighted by Gasteiger charge is -2.35. The first-order chi connectivity index (χ1) is 9.80. The van der Waals surface area contributed by atoms with Crippen LogP contribution in [0.25, 0.3) is 0 Å². The maximum Gasteiger partial charge on any atom is 0.323 e. The smallest absolute Gasteiger partial charge is 0.323 e. The molecule has 2 aliphatic rings. The quantitative estimate of drug-likeness (QED) is 0.757. The van der Waals surface area contributed by atoms with E-state index >= 15 is 0 Å². The van der Waals surface area contributed by atoms with Gasteiger partial charge in [0.05, 0.1) is 12.2 Å². The van der Waals surface area contributed by atoms with E-state index in [1.54, 1.807) is 6.92 Å². The second-order valence-corrected chi connectivity index (χ2v) is 7.60. The van der Waals surface area contributed by atoms with Crippen molar-refractivity contribution in [3.63, 3.8) is 0 Å². The molecule has 0 saturated heterocycles. The van der Waals surface area contributed by atoms with Crippen molar-refractivity contribution in [3.05, 3.63) is 0 Å². The summed E-state index contributed by atoms with van der Waals surface area (Å²) in [5.41, 5.74) is -0.867. The molecule has 0 spiro atoms. The van der Waals surface area contributed by atoms with Crippen LogP contribution in [0.1, 0.15) is 66.2 Å². The number of carbonyl (C=O) groups is 1. The lowest BCUT2D eigenvalue weighted by molar-refractivity contribution is -0.147. The lowest BCUT2D eigenvalue weighted by atomic mass is 9.80. The number of aliphatic carboxylic acids is 1. The molecule has 0 aromatic heterocycles. The number of ether oxygens (including phenoxy) is 1. The van der Waals surface area contributed by atoms with Crippen LogP contribution in [0.3, 0.4) is 0 Å². The zero-order valence-electron chi connectivity index (χ0n) is 13.9. The Hall–Kier alpha value is -0.610. The predicted octanol–water partition coefficient (Wildman–Crippen LogP) is 3.20. The number of nitrogens with one attached hydrogen (secondary N) is 1. The Kier molecular flexibility index (Phi) is 5.31. The largest absolute Gasteiger partial charge is 0.480 e. The molecule has 4 heteroatoms. The monoisotopic (exact) mass is 297 g/mol. The van der Waals surface area contributed by atoms with E-state index in [-0.39, 0.29) is 6.10 Å². The molecule has 5 unspecified atom stereocenters. The highest BCUT2D eigenvalue weighted by Crippen LogP contribution is 2.32. The summed E-state index contributed by atoms with van der Waals surface area (Å²) in [6.45, 7) is 8.41. The fourth-order valence-electron chi connectivity index (χ4n) is 3.46. The Labute approximate surface area is 128 Å². The number of rotatable bonds is 7. The summed E-state index contributed by atoms with van der Waals surface area (Å²) in [7, 11) is 0. The molecule has 0 radical (unpaired) electrons. The Morgan fingerprint density at radius 3 is 2.48 bits per heavy atom. The van der Waals surface area contributed by atoms with Crippen molar-refractivity contribution in [1.29, 1.82) is 0 Å². The van der Waals surface area contributed by atoms with Gasteiger partial charge < -0.3 is 9.84 Å². The molecule has 0 aliphatic heterocycles. The SMILES string of the molecule is CC(CC(C)(NC1CC1)C(=O)O)OC1CCC(C)C(C)C1. The highest BCUT2D eigenvalue weighted by atomic mass is 16.5. The van der Waals surface area contributed by atoms with Crippen LogP contribution in [0, 0.1) is 11.8 Å². The van der Waals surface area contributed by atoms with E-state index in [4.69, 9.17) is 4.74 Å². The van der Waals surface area contributed by atoms with Gasteiger partial charge in [0.25, 0.3) is 0 Å². The first-order valence-corrected chi connectivity index (χ1v) is 8.46. The predicted molar refractivity (Wildman–Crippen MR) is 83.3 cm³/mol. The maximum atomic E-state index is 11.6. The molecule has 2 saturated carbocycles. The minimum Gasteiger partial charge on any atom is -0.480 e. The second-order valence-electron chi connectivity index (χ2n) is 7.60. The van der Waals surface area contributed by atoms with E-state index in [0.717, 1.165) is 31.6 Å². The normalized spacial score (nSPS) is 34.2. The molecule has 5 atom stereocenters. The number of hydrogen-bond donors (Lipinski definition) is 2. The fraction of sp³-hybridized carbons (Fsp3) is 0.941. The molecule has 122 valence electrons. The summed E-state index contributed by atoms with van der Waals surface area (Å²) in [4.78, 5) is 11.6. The van der Waals surface area contributed by atoms with Gasteiger partial charge in [-0.25, -0.2) is 0 Å². The molecule has 2 fully saturated rings. The summed E-state index contributed by atoms with van der Waals surface area (Å²) in [5, 5.41) is 12.8. The summed E-state index contributed by atoms with van der Waals surface area (Å²) in [6, 6.07) is 0.383. The van der Waals surface area contributed by atoms with Crippen molar-refractivity contribution in [2.75, 3.05) is 0 Å². The van der Waals surface area contributed by atoms with Crippen LogP contribution in [0.4, 0.5) is 0 Å². The Bertz CT molecular complexity index is 369. The molecular weight excluding hydrogens is 266 g/mol. The molecule has 2 aliphatic carbocycles. The Balaban J connectivity index is 1.84. The van der Waals surface area contributed by atoms with Gasteiger partial charge in [0.1, 0.15) is 5.54 Å². The summed E-state index contributed by atoms with van der Waals surface area (Å²) in [6.07, 6.45) is 6.41. The van der Waals surface area contributed by atoms with E-state index in [1.165, 1.54) is 6.42 Å². The van der Waals surface area contributed by atoms with Crippen LogP contribution in [-0.2, 0) is 9.53 Å². The second kappa shape index (κ2) is 6.66. The van der Waals surface area contributed by atoms with Gasteiger partial charge in [-0.05, 0) is 57.8 Å². The van der Waals surface area contributed by atoms with Gasteiger partial charge >= 0.3 is 5.97 Å². The van der Waals surface area contributed by atoms with Crippen LogP contribution in [0.15, 0.2) is 0 Å². The number of carboxylic acid groups (broad SMARTS) is 1. The van der Waals surface area contributed by atoms with Crippen LogP contribution < -0.4 is 5.32 Å².